The SMILES string of the molecule is Clc1cc(SC2COC2)nc(C2CC2)n1. The van der Waals surface area contributed by atoms with Crippen LogP contribution in [0.2, 0.25) is 5.15 Å². The summed E-state index contributed by atoms with van der Waals surface area (Å²) in [5, 5.41) is 2.10. The van der Waals surface area contributed by atoms with Gasteiger partial charge in [0.1, 0.15) is 16.0 Å². The molecule has 5 heteroatoms. The molecule has 1 aliphatic carbocycles. The Balaban J connectivity index is 1.79. The first-order valence-electron chi connectivity index (χ1n) is 5.10. The van der Waals surface area contributed by atoms with Gasteiger partial charge in [0.2, 0.25) is 0 Å². The van der Waals surface area contributed by atoms with Gasteiger partial charge in [0.05, 0.1) is 18.5 Å². The van der Waals surface area contributed by atoms with Crippen LogP contribution in [-0.2, 0) is 4.74 Å². The molecule has 1 aromatic heterocycles. The second-order valence-corrected chi connectivity index (χ2v) is 5.65. The third-order valence-electron chi connectivity index (χ3n) is 2.53. The van der Waals surface area contributed by atoms with Crippen molar-refractivity contribution in [1.82, 2.24) is 9.97 Å². The zero-order valence-corrected chi connectivity index (χ0v) is 9.72. The molecule has 1 aromatic rings. The molecule has 0 radical (unpaired) electrons. The number of thioether (sulfide) groups is 1. The number of halogens is 1. The van der Waals surface area contributed by atoms with Crippen molar-refractivity contribution < 1.29 is 4.74 Å². The molecule has 3 nitrogen and oxygen atoms in total. The molecule has 2 heterocycles. The summed E-state index contributed by atoms with van der Waals surface area (Å²) in [4.78, 5) is 8.79. The van der Waals surface area contributed by atoms with Gasteiger partial charge >= 0.3 is 0 Å². The van der Waals surface area contributed by atoms with Crippen molar-refractivity contribution in [1.29, 1.82) is 0 Å². The topological polar surface area (TPSA) is 35.0 Å². The summed E-state index contributed by atoms with van der Waals surface area (Å²) >= 11 is 7.71. The average molecular weight is 243 g/mol. The van der Waals surface area contributed by atoms with E-state index in [0.717, 1.165) is 24.1 Å². The van der Waals surface area contributed by atoms with Crippen molar-refractivity contribution in [2.45, 2.75) is 29.0 Å². The van der Waals surface area contributed by atoms with E-state index in [1.165, 1.54) is 12.8 Å². The molecule has 0 spiro atoms. The fourth-order valence-electron chi connectivity index (χ4n) is 1.45. The summed E-state index contributed by atoms with van der Waals surface area (Å²) in [5.74, 6) is 1.48. The van der Waals surface area contributed by atoms with E-state index >= 15 is 0 Å². The smallest absolute Gasteiger partial charge is 0.134 e. The Morgan fingerprint density at radius 1 is 1.33 bits per heavy atom. The first kappa shape index (κ1) is 9.87. The van der Waals surface area contributed by atoms with Crippen LogP contribution in [-0.4, -0.2) is 28.4 Å². The normalized spacial score (nSPS) is 21.4. The molecule has 1 aliphatic heterocycles. The molecule has 80 valence electrons. The fourth-order valence-corrected chi connectivity index (χ4v) is 2.70. The number of ether oxygens (including phenoxy) is 1. The molecule has 0 amide bonds. The largest absolute Gasteiger partial charge is 0.379 e. The van der Waals surface area contributed by atoms with E-state index < -0.39 is 0 Å². The molecule has 2 fully saturated rings. The van der Waals surface area contributed by atoms with Crippen molar-refractivity contribution in [3.05, 3.63) is 17.0 Å². The van der Waals surface area contributed by atoms with Crippen molar-refractivity contribution in [2.24, 2.45) is 0 Å². The predicted octanol–water partition coefficient (Wildman–Crippen LogP) is 2.50. The van der Waals surface area contributed by atoms with Crippen molar-refractivity contribution in [3.8, 4) is 0 Å². The van der Waals surface area contributed by atoms with Crippen molar-refractivity contribution in [2.75, 3.05) is 13.2 Å². The monoisotopic (exact) mass is 242 g/mol. The van der Waals surface area contributed by atoms with Gasteiger partial charge in [-0.3, -0.25) is 0 Å². The minimum absolute atomic E-state index is 0.544. The zero-order chi connectivity index (χ0) is 10.3. The molecular weight excluding hydrogens is 232 g/mol. The number of rotatable bonds is 3. The molecule has 0 unspecified atom stereocenters. The quantitative estimate of drug-likeness (QED) is 0.763. The third-order valence-corrected chi connectivity index (χ3v) is 3.78. The van der Waals surface area contributed by atoms with Crippen LogP contribution in [0.3, 0.4) is 0 Å². The minimum atomic E-state index is 0.544. The highest BCUT2D eigenvalue weighted by atomic mass is 35.5. The van der Waals surface area contributed by atoms with E-state index in [9.17, 15) is 0 Å². The zero-order valence-electron chi connectivity index (χ0n) is 8.15. The Hall–Kier alpha value is -0.320. The first-order valence-corrected chi connectivity index (χ1v) is 6.36. The van der Waals surface area contributed by atoms with Gasteiger partial charge in [-0.05, 0) is 12.8 Å². The van der Waals surface area contributed by atoms with Gasteiger partial charge in [-0.25, -0.2) is 9.97 Å². The van der Waals surface area contributed by atoms with Gasteiger partial charge in [-0.15, -0.1) is 0 Å². The summed E-state index contributed by atoms with van der Waals surface area (Å²) in [5.41, 5.74) is 0. The fraction of sp³-hybridized carbons (Fsp3) is 0.600. The lowest BCUT2D eigenvalue weighted by molar-refractivity contribution is 0.0454. The van der Waals surface area contributed by atoms with E-state index in [1.54, 1.807) is 11.8 Å². The van der Waals surface area contributed by atoms with Gasteiger partial charge < -0.3 is 4.74 Å². The number of nitrogens with zero attached hydrogens (tertiary/aromatic N) is 2. The Morgan fingerprint density at radius 3 is 2.73 bits per heavy atom. The van der Waals surface area contributed by atoms with E-state index in [4.69, 9.17) is 16.3 Å². The molecule has 15 heavy (non-hydrogen) atoms. The third kappa shape index (κ3) is 2.27. The van der Waals surface area contributed by atoms with Gasteiger partial charge in [0.15, 0.2) is 0 Å². The van der Waals surface area contributed by atoms with Crippen LogP contribution in [0, 0.1) is 0 Å². The maximum Gasteiger partial charge on any atom is 0.134 e. The molecule has 2 aliphatic rings. The molecule has 3 rings (SSSR count). The summed E-state index contributed by atoms with van der Waals surface area (Å²) in [7, 11) is 0. The molecule has 0 N–H and O–H groups in total. The standard InChI is InChI=1S/C10H11ClN2OS/c11-8-3-9(15-7-4-14-5-7)13-10(12-8)6-1-2-6/h3,6-7H,1-2,4-5H2. The lowest BCUT2D eigenvalue weighted by Gasteiger charge is -2.24. The second-order valence-electron chi connectivity index (χ2n) is 3.94. The maximum atomic E-state index is 5.97. The highest BCUT2D eigenvalue weighted by Gasteiger charge is 2.28. The van der Waals surface area contributed by atoms with Gasteiger partial charge in [-0.1, -0.05) is 23.4 Å². The lowest BCUT2D eigenvalue weighted by atomic mass is 10.4. The summed E-state index contributed by atoms with van der Waals surface area (Å²) in [6, 6.07) is 1.84. The predicted molar refractivity (Wildman–Crippen MR) is 59.5 cm³/mol. The minimum Gasteiger partial charge on any atom is -0.379 e. The molecule has 1 saturated heterocycles. The highest BCUT2D eigenvalue weighted by Crippen LogP contribution is 2.39. The van der Waals surface area contributed by atoms with Crippen LogP contribution in [0.15, 0.2) is 11.1 Å². The first-order chi connectivity index (χ1) is 7.31. The number of hydrogen-bond donors (Lipinski definition) is 0. The van der Waals surface area contributed by atoms with Crippen LogP contribution in [0.1, 0.15) is 24.6 Å². The van der Waals surface area contributed by atoms with E-state index in [2.05, 4.69) is 9.97 Å². The van der Waals surface area contributed by atoms with Crippen LogP contribution in [0.25, 0.3) is 0 Å². The lowest BCUT2D eigenvalue weighted by Crippen LogP contribution is -2.30. The molecule has 0 atom stereocenters. The van der Waals surface area contributed by atoms with Gasteiger partial charge in [-0.2, -0.15) is 0 Å². The van der Waals surface area contributed by atoms with Gasteiger partial charge in [0.25, 0.3) is 0 Å². The van der Waals surface area contributed by atoms with E-state index in [-0.39, 0.29) is 0 Å². The van der Waals surface area contributed by atoms with Crippen molar-refractivity contribution >= 4 is 23.4 Å². The van der Waals surface area contributed by atoms with E-state index in [0.29, 0.717) is 16.3 Å². The van der Waals surface area contributed by atoms with Crippen LogP contribution < -0.4 is 0 Å². The van der Waals surface area contributed by atoms with Crippen LogP contribution in [0.5, 0.6) is 0 Å². The molecular formula is C10H11ClN2OS. The molecule has 0 aromatic carbocycles. The highest BCUT2D eigenvalue weighted by molar-refractivity contribution is 8.00. The summed E-state index contributed by atoms with van der Waals surface area (Å²) in [6.07, 6.45) is 2.41. The van der Waals surface area contributed by atoms with E-state index in [1.807, 2.05) is 6.07 Å². The average Bonchev–Trinajstić information content (AvgIpc) is 2.93. The Morgan fingerprint density at radius 2 is 2.13 bits per heavy atom. The molecule has 0 bridgehead atoms. The Labute approximate surface area is 97.6 Å². The number of hydrogen-bond acceptors (Lipinski definition) is 4. The number of aromatic nitrogens is 2. The van der Waals surface area contributed by atoms with Crippen molar-refractivity contribution in [3.63, 3.8) is 0 Å². The van der Waals surface area contributed by atoms with Crippen LogP contribution in [0.4, 0.5) is 0 Å². The van der Waals surface area contributed by atoms with Crippen LogP contribution >= 0.6 is 23.4 Å². The Kier molecular flexibility index (Phi) is 2.58. The Bertz CT molecular complexity index is 380. The maximum absolute atomic E-state index is 5.97. The summed E-state index contributed by atoms with van der Waals surface area (Å²) in [6.45, 7) is 1.65. The summed E-state index contributed by atoms with van der Waals surface area (Å²) < 4.78 is 5.13. The van der Waals surface area contributed by atoms with Gasteiger partial charge in [0, 0.05) is 12.0 Å². The molecule has 1 saturated carbocycles. The second kappa shape index (κ2) is 3.92.